The van der Waals surface area contributed by atoms with Gasteiger partial charge in [0, 0.05) is 48.1 Å². The molecule has 1 amide bonds. The quantitative estimate of drug-likeness (QED) is 0.715. The molecule has 18 heavy (non-hydrogen) atoms. The van der Waals surface area contributed by atoms with Gasteiger partial charge < -0.3 is 15.6 Å². The lowest BCUT2D eigenvalue weighted by Gasteiger charge is -2.11. The second kappa shape index (κ2) is 7.27. The molecule has 0 aliphatic rings. The molecule has 0 aromatic carbocycles. The molecule has 2 atom stereocenters. The van der Waals surface area contributed by atoms with Crippen molar-refractivity contribution in [2.24, 2.45) is 5.73 Å². The van der Waals surface area contributed by atoms with Gasteiger partial charge in [-0.3, -0.25) is 9.00 Å². The molecule has 2 unspecified atom stereocenters. The molecule has 1 rings (SSSR count). The Morgan fingerprint density at radius 1 is 1.67 bits per heavy atom. The van der Waals surface area contributed by atoms with Crippen LogP contribution in [0.25, 0.3) is 0 Å². The summed E-state index contributed by atoms with van der Waals surface area (Å²) in [6.07, 6.45) is 5.61. The van der Waals surface area contributed by atoms with Gasteiger partial charge in [0.2, 0.25) is 0 Å². The molecule has 102 valence electrons. The predicted molar refractivity (Wildman–Crippen MR) is 71.8 cm³/mol. The average Bonchev–Trinajstić information content (AvgIpc) is 2.75. The highest BCUT2D eigenvalue weighted by atomic mass is 32.2. The van der Waals surface area contributed by atoms with E-state index in [4.69, 9.17) is 5.73 Å². The molecule has 0 radical (unpaired) electrons. The number of hydrogen-bond donors (Lipinski definition) is 2. The molecule has 0 saturated carbocycles. The zero-order valence-electron chi connectivity index (χ0n) is 10.8. The lowest BCUT2D eigenvalue weighted by atomic mass is 10.2. The van der Waals surface area contributed by atoms with E-state index in [0.717, 1.165) is 0 Å². The van der Waals surface area contributed by atoms with Crippen LogP contribution in [0.15, 0.2) is 12.5 Å². The molecule has 1 aromatic heterocycles. The van der Waals surface area contributed by atoms with Crippen LogP contribution in [0, 0.1) is 0 Å². The summed E-state index contributed by atoms with van der Waals surface area (Å²) in [7, 11) is -0.829. The number of rotatable bonds is 7. The largest absolute Gasteiger partial charge is 0.348 e. The Hall–Kier alpha value is -1.21. The fraction of sp³-hybridized carbons (Fsp3) is 0.636. The molecular formula is C11H20N4O2S. The van der Waals surface area contributed by atoms with Crippen LogP contribution in [0.2, 0.25) is 0 Å². The Morgan fingerprint density at radius 2 is 2.39 bits per heavy atom. The van der Waals surface area contributed by atoms with Gasteiger partial charge in [-0.1, -0.05) is 0 Å². The number of carbonyl (C=O) groups is 1. The van der Waals surface area contributed by atoms with E-state index in [2.05, 4.69) is 10.3 Å². The van der Waals surface area contributed by atoms with Gasteiger partial charge in [-0.05, 0) is 13.3 Å². The molecule has 1 heterocycles. The van der Waals surface area contributed by atoms with Crippen LogP contribution in [0.4, 0.5) is 0 Å². The smallest absolute Gasteiger partial charge is 0.271 e. The predicted octanol–water partition coefficient (Wildman–Crippen LogP) is -0.271. The number of hydrogen-bond acceptors (Lipinski definition) is 4. The topological polar surface area (TPSA) is 90.0 Å². The monoisotopic (exact) mass is 272 g/mol. The molecular weight excluding hydrogens is 252 g/mol. The second-order valence-electron chi connectivity index (χ2n) is 4.23. The van der Waals surface area contributed by atoms with Gasteiger partial charge in [-0.25, -0.2) is 4.98 Å². The van der Waals surface area contributed by atoms with Gasteiger partial charge in [-0.2, -0.15) is 0 Å². The van der Waals surface area contributed by atoms with E-state index in [-0.39, 0.29) is 11.9 Å². The first-order chi connectivity index (χ1) is 8.52. The molecule has 0 aliphatic carbocycles. The third-order valence-corrected chi connectivity index (χ3v) is 3.28. The molecule has 0 saturated heterocycles. The van der Waals surface area contributed by atoms with E-state index >= 15 is 0 Å². The maximum absolute atomic E-state index is 11.8. The van der Waals surface area contributed by atoms with E-state index in [0.29, 0.717) is 31.0 Å². The fourth-order valence-electron chi connectivity index (χ4n) is 1.46. The van der Waals surface area contributed by atoms with Crippen molar-refractivity contribution in [3.05, 3.63) is 18.2 Å². The third-order valence-electron chi connectivity index (χ3n) is 2.47. The summed E-state index contributed by atoms with van der Waals surface area (Å²) in [6, 6.07) is -0.0129. The van der Waals surface area contributed by atoms with Crippen LogP contribution < -0.4 is 11.1 Å². The second-order valence-corrected chi connectivity index (χ2v) is 5.78. The summed E-state index contributed by atoms with van der Waals surface area (Å²) in [4.78, 5) is 15.8. The van der Waals surface area contributed by atoms with Crippen molar-refractivity contribution in [2.75, 3.05) is 18.6 Å². The van der Waals surface area contributed by atoms with Crippen molar-refractivity contribution < 1.29 is 9.00 Å². The van der Waals surface area contributed by atoms with Crippen molar-refractivity contribution in [2.45, 2.75) is 25.9 Å². The minimum Gasteiger partial charge on any atom is -0.348 e. The standard InChI is InChI=1S/C11H20N4O2S/c1-9(3-6-18(2)17)14-11(16)10-7-15(5-4-12)8-13-10/h7-9H,3-6,12H2,1-2H3,(H,14,16). The van der Waals surface area contributed by atoms with E-state index in [9.17, 15) is 9.00 Å². The number of nitrogens with one attached hydrogen (secondary N) is 1. The van der Waals surface area contributed by atoms with Crippen molar-refractivity contribution in [1.29, 1.82) is 0 Å². The average molecular weight is 272 g/mol. The van der Waals surface area contributed by atoms with Gasteiger partial charge in [0.15, 0.2) is 0 Å². The summed E-state index contributed by atoms with van der Waals surface area (Å²) in [6.45, 7) is 3.04. The van der Waals surface area contributed by atoms with Crippen LogP contribution in [0.5, 0.6) is 0 Å². The molecule has 3 N–H and O–H groups in total. The van der Waals surface area contributed by atoms with Crippen LogP contribution in [0.1, 0.15) is 23.8 Å². The Labute approximate surface area is 109 Å². The number of carbonyl (C=O) groups excluding carboxylic acids is 1. The van der Waals surface area contributed by atoms with Gasteiger partial charge in [-0.15, -0.1) is 0 Å². The lowest BCUT2D eigenvalue weighted by molar-refractivity contribution is 0.0935. The summed E-state index contributed by atoms with van der Waals surface area (Å²) in [5.41, 5.74) is 5.80. The van der Waals surface area contributed by atoms with E-state index in [1.165, 1.54) is 0 Å². The van der Waals surface area contributed by atoms with Gasteiger partial charge in [0.05, 0.1) is 6.33 Å². The van der Waals surface area contributed by atoms with Crippen LogP contribution in [0.3, 0.4) is 0 Å². The third kappa shape index (κ3) is 4.97. The Balaban J connectivity index is 2.45. The minimum atomic E-state index is -0.829. The number of nitrogens with two attached hydrogens (primary N) is 1. The highest BCUT2D eigenvalue weighted by Crippen LogP contribution is 1.99. The molecule has 7 heteroatoms. The van der Waals surface area contributed by atoms with Gasteiger partial charge >= 0.3 is 0 Å². The van der Waals surface area contributed by atoms with Crippen LogP contribution >= 0.6 is 0 Å². The van der Waals surface area contributed by atoms with Crippen LogP contribution in [-0.4, -0.2) is 44.3 Å². The first-order valence-electron chi connectivity index (χ1n) is 5.85. The zero-order chi connectivity index (χ0) is 13.5. The van der Waals surface area contributed by atoms with Crippen molar-refractivity contribution >= 4 is 16.7 Å². The normalized spacial score (nSPS) is 14.2. The minimum absolute atomic E-state index is 0.0129. The molecule has 0 bridgehead atoms. The first-order valence-corrected chi connectivity index (χ1v) is 7.58. The maximum atomic E-state index is 11.8. The Morgan fingerprint density at radius 3 is 3.00 bits per heavy atom. The zero-order valence-corrected chi connectivity index (χ0v) is 11.6. The van der Waals surface area contributed by atoms with Crippen LogP contribution in [-0.2, 0) is 17.3 Å². The lowest BCUT2D eigenvalue weighted by Crippen LogP contribution is -2.33. The van der Waals surface area contributed by atoms with E-state index in [1.807, 2.05) is 6.92 Å². The molecule has 0 fully saturated rings. The summed E-state index contributed by atoms with van der Waals surface area (Å²) in [5.74, 6) is 0.378. The van der Waals surface area contributed by atoms with Crippen molar-refractivity contribution in [3.63, 3.8) is 0 Å². The van der Waals surface area contributed by atoms with Crippen molar-refractivity contribution in [3.8, 4) is 0 Å². The number of imidazole rings is 1. The summed E-state index contributed by atoms with van der Waals surface area (Å²) < 4.78 is 12.7. The Bertz CT molecular complexity index is 419. The van der Waals surface area contributed by atoms with E-state index < -0.39 is 10.8 Å². The molecule has 1 aromatic rings. The van der Waals surface area contributed by atoms with Gasteiger partial charge in [0.1, 0.15) is 5.69 Å². The Kier molecular flexibility index (Phi) is 6.00. The molecule has 0 aliphatic heterocycles. The number of nitrogens with zero attached hydrogens (tertiary/aromatic N) is 2. The first kappa shape index (κ1) is 14.8. The SMILES string of the molecule is CC(CCS(C)=O)NC(=O)c1cn(CCN)cn1. The maximum Gasteiger partial charge on any atom is 0.271 e. The summed E-state index contributed by atoms with van der Waals surface area (Å²) in [5, 5.41) is 2.83. The highest BCUT2D eigenvalue weighted by molar-refractivity contribution is 7.84. The number of amides is 1. The van der Waals surface area contributed by atoms with E-state index in [1.54, 1.807) is 23.3 Å². The number of aromatic nitrogens is 2. The summed E-state index contributed by atoms with van der Waals surface area (Å²) >= 11 is 0. The highest BCUT2D eigenvalue weighted by Gasteiger charge is 2.12. The van der Waals surface area contributed by atoms with Crippen molar-refractivity contribution in [1.82, 2.24) is 14.9 Å². The molecule has 0 spiro atoms. The molecule has 6 nitrogen and oxygen atoms in total. The fourth-order valence-corrected chi connectivity index (χ4v) is 2.15. The van der Waals surface area contributed by atoms with Gasteiger partial charge in [0.25, 0.3) is 5.91 Å².